The molecule has 0 saturated heterocycles. The predicted octanol–water partition coefficient (Wildman–Crippen LogP) is 25.6. The van der Waals surface area contributed by atoms with E-state index in [-0.39, 0.29) is 18.5 Å². The first-order valence-electron chi connectivity index (χ1n) is 38.9. The largest absolute Gasteiger partial charge is 0.466 e. The molecule has 0 aromatic carbocycles. The van der Waals surface area contributed by atoms with Crippen LogP contribution in [0.3, 0.4) is 0 Å². The Kier molecular flexibility index (Phi) is 73.4. The third-order valence-corrected chi connectivity index (χ3v) is 18.1. The average molecular weight is 1210 g/mol. The average Bonchev–Trinajstić information content (AvgIpc) is 3.54. The van der Waals surface area contributed by atoms with Crippen LogP contribution in [0.15, 0.2) is 48.6 Å². The van der Waals surface area contributed by atoms with Gasteiger partial charge >= 0.3 is 5.97 Å². The van der Waals surface area contributed by atoms with Gasteiger partial charge in [0.15, 0.2) is 0 Å². The quantitative estimate of drug-likeness (QED) is 0.0320. The molecule has 3 N–H and O–H groups in total. The van der Waals surface area contributed by atoms with Gasteiger partial charge in [0.05, 0.1) is 25.4 Å². The van der Waals surface area contributed by atoms with Crippen LogP contribution >= 0.6 is 0 Å². The number of aliphatic hydroxyl groups excluding tert-OH is 2. The molecule has 0 aliphatic rings. The molecule has 506 valence electrons. The van der Waals surface area contributed by atoms with Gasteiger partial charge in [0, 0.05) is 12.8 Å². The first-order chi connectivity index (χ1) is 42.5. The summed E-state index contributed by atoms with van der Waals surface area (Å²) in [4.78, 5) is 24.6. The van der Waals surface area contributed by atoms with Crippen LogP contribution < -0.4 is 5.32 Å². The Balaban J connectivity index is 3.42. The Morgan fingerprint density at radius 1 is 0.326 bits per heavy atom. The van der Waals surface area contributed by atoms with Crippen LogP contribution in [0.2, 0.25) is 0 Å². The lowest BCUT2D eigenvalue weighted by molar-refractivity contribution is -0.143. The van der Waals surface area contributed by atoms with Crippen molar-refractivity contribution in [3.05, 3.63) is 48.6 Å². The summed E-state index contributed by atoms with van der Waals surface area (Å²) in [6, 6.07) is -0.631. The first kappa shape index (κ1) is 83.8. The molecule has 0 aromatic rings. The molecule has 2 unspecified atom stereocenters. The van der Waals surface area contributed by atoms with Gasteiger partial charge in [-0.05, 0) is 89.9 Å². The number of carbonyl (C=O) groups is 2. The number of hydrogen-bond donors (Lipinski definition) is 3. The molecular weight excluding hydrogens is 1050 g/mol. The zero-order chi connectivity index (χ0) is 62.0. The van der Waals surface area contributed by atoms with Crippen molar-refractivity contribution in [1.82, 2.24) is 5.32 Å². The van der Waals surface area contributed by atoms with Crippen LogP contribution in [0, 0.1) is 0 Å². The van der Waals surface area contributed by atoms with E-state index < -0.39 is 12.1 Å². The Labute approximate surface area is 537 Å². The zero-order valence-corrected chi connectivity index (χ0v) is 58.1. The third-order valence-electron chi connectivity index (χ3n) is 18.1. The van der Waals surface area contributed by atoms with E-state index >= 15 is 0 Å². The molecule has 0 heterocycles. The van der Waals surface area contributed by atoms with E-state index in [4.69, 9.17) is 4.74 Å². The highest BCUT2D eigenvalue weighted by molar-refractivity contribution is 5.76. The Bertz CT molecular complexity index is 1440. The van der Waals surface area contributed by atoms with E-state index in [1.807, 2.05) is 6.08 Å². The normalized spacial score (nSPS) is 12.7. The minimum atomic E-state index is -0.847. The second kappa shape index (κ2) is 75.3. The molecule has 0 aliphatic heterocycles. The van der Waals surface area contributed by atoms with Gasteiger partial charge in [0.25, 0.3) is 0 Å². The minimum absolute atomic E-state index is 0.00887. The van der Waals surface area contributed by atoms with E-state index in [0.29, 0.717) is 19.4 Å². The lowest BCUT2D eigenvalue weighted by atomic mass is 10.0. The van der Waals surface area contributed by atoms with Gasteiger partial charge in [-0.1, -0.05) is 371 Å². The van der Waals surface area contributed by atoms with Crippen LogP contribution in [0.25, 0.3) is 0 Å². The molecule has 6 heteroatoms. The summed E-state index contributed by atoms with van der Waals surface area (Å²) in [6.07, 6.45) is 99.3. The molecule has 1 amide bonds. The fraction of sp³-hybridized carbons (Fsp3) is 0.875. The molecule has 0 saturated carbocycles. The van der Waals surface area contributed by atoms with Crippen molar-refractivity contribution in [3.8, 4) is 0 Å². The van der Waals surface area contributed by atoms with Gasteiger partial charge in [0.2, 0.25) is 5.91 Å². The highest BCUT2D eigenvalue weighted by Gasteiger charge is 2.18. The second-order valence-electron chi connectivity index (χ2n) is 26.7. The summed E-state index contributed by atoms with van der Waals surface area (Å²) >= 11 is 0. The molecule has 0 bridgehead atoms. The number of ether oxygens (including phenoxy) is 1. The van der Waals surface area contributed by atoms with Crippen molar-refractivity contribution in [3.63, 3.8) is 0 Å². The molecular formula is C80H151NO5. The van der Waals surface area contributed by atoms with E-state index in [1.54, 1.807) is 6.08 Å². The molecule has 6 nitrogen and oxygen atoms in total. The zero-order valence-electron chi connectivity index (χ0n) is 58.1. The van der Waals surface area contributed by atoms with Crippen molar-refractivity contribution in [2.45, 2.75) is 437 Å². The van der Waals surface area contributed by atoms with Crippen molar-refractivity contribution in [2.75, 3.05) is 13.2 Å². The van der Waals surface area contributed by atoms with Crippen molar-refractivity contribution < 1.29 is 24.5 Å². The number of esters is 1. The first-order valence-corrected chi connectivity index (χ1v) is 38.9. The van der Waals surface area contributed by atoms with Gasteiger partial charge in [-0.2, -0.15) is 0 Å². The summed E-state index contributed by atoms with van der Waals surface area (Å²) in [5, 5.41) is 23.3. The Morgan fingerprint density at radius 3 is 0.895 bits per heavy atom. The van der Waals surface area contributed by atoms with Crippen molar-refractivity contribution in [1.29, 1.82) is 0 Å². The number of allylic oxidation sites excluding steroid dienone is 7. The monoisotopic (exact) mass is 1210 g/mol. The summed E-state index contributed by atoms with van der Waals surface area (Å²) in [7, 11) is 0. The molecule has 0 fully saturated rings. The Hall–Kier alpha value is -2.18. The van der Waals surface area contributed by atoms with Crippen LogP contribution in [0.5, 0.6) is 0 Å². The summed E-state index contributed by atoms with van der Waals surface area (Å²) in [5.41, 5.74) is 0. The fourth-order valence-electron chi connectivity index (χ4n) is 12.1. The van der Waals surface area contributed by atoms with E-state index in [0.717, 1.165) is 51.4 Å². The number of amides is 1. The van der Waals surface area contributed by atoms with Gasteiger partial charge in [-0.3, -0.25) is 9.59 Å². The van der Waals surface area contributed by atoms with Gasteiger partial charge in [-0.15, -0.1) is 0 Å². The highest BCUT2D eigenvalue weighted by atomic mass is 16.5. The summed E-state index contributed by atoms with van der Waals surface area (Å²) < 4.78 is 5.50. The van der Waals surface area contributed by atoms with Crippen molar-refractivity contribution >= 4 is 11.9 Å². The fourth-order valence-corrected chi connectivity index (χ4v) is 12.1. The van der Waals surface area contributed by atoms with Crippen LogP contribution in [0.1, 0.15) is 425 Å². The molecule has 86 heavy (non-hydrogen) atoms. The minimum Gasteiger partial charge on any atom is -0.466 e. The van der Waals surface area contributed by atoms with Gasteiger partial charge < -0.3 is 20.3 Å². The molecule has 0 aromatic heterocycles. The van der Waals surface area contributed by atoms with Crippen LogP contribution in [-0.4, -0.2) is 47.4 Å². The van der Waals surface area contributed by atoms with E-state index in [9.17, 15) is 19.8 Å². The second-order valence-corrected chi connectivity index (χ2v) is 26.7. The number of nitrogens with one attached hydrogen (secondary N) is 1. The topological polar surface area (TPSA) is 95.9 Å². The smallest absolute Gasteiger partial charge is 0.305 e. The number of hydrogen-bond acceptors (Lipinski definition) is 5. The van der Waals surface area contributed by atoms with E-state index in [1.165, 1.54) is 347 Å². The van der Waals surface area contributed by atoms with Crippen LogP contribution in [0.4, 0.5) is 0 Å². The SMILES string of the molecule is CCCCCCCC/C=C\CCCCCCCCCC(=O)OCCCCCCCCCCC/C=C\C/C=C\CCCCCCCCCCCCCCCC(=O)NC(CO)C(O)/C=C/CCCCCCCCCCCCCCCCCCCCCCC. The summed E-state index contributed by atoms with van der Waals surface area (Å²) in [5.74, 6) is -0.0561. The number of rotatable bonds is 73. The lowest BCUT2D eigenvalue weighted by Crippen LogP contribution is -2.45. The highest BCUT2D eigenvalue weighted by Crippen LogP contribution is 2.19. The maximum absolute atomic E-state index is 12.5. The van der Waals surface area contributed by atoms with Crippen molar-refractivity contribution in [2.24, 2.45) is 0 Å². The molecule has 0 aliphatic carbocycles. The third kappa shape index (κ3) is 70.9. The van der Waals surface area contributed by atoms with Gasteiger partial charge in [-0.25, -0.2) is 0 Å². The lowest BCUT2D eigenvalue weighted by Gasteiger charge is -2.20. The maximum atomic E-state index is 12.5. The number of carbonyl (C=O) groups excluding carboxylic acids is 2. The molecule has 0 spiro atoms. The molecule has 2 atom stereocenters. The van der Waals surface area contributed by atoms with Gasteiger partial charge in [0.1, 0.15) is 0 Å². The number of unbranched alkanes of at least 4 members (excludes halogenated alkanes) is 56. The van der Waals surface area contributed by atoms with Crippen LogP contribution in [-0.2, 0) is 14.3 Å². The maximum Gasteiger partial charge on any atom is 0.305 e. The standard InChI is InChI=1S/C80H151NO5/c1-3-5-7-9-11-13-15-17-19-21-22-23-31-34-37-41-44-48-52-56-60-64-68-72-78(83)77(76-82)81-79(84)73-69-65-61-57-53-49-45-42-38-35-32-29-27-25-24-26-28-30-33-36-39-43-47-51-55-59-63-67-71-75-86-80(85)74-70-66-62-58-54-50-46-40-20-18-16-14-12-10-8-6-4-2/h18,20,24,26,30,33,68,72,77-78,82-83H,3-17,19,21-23,25,27-29,31-32,34-67,69-71,73-76H2,1-2H3,(H,81,84)/b20-18-,26-24-,33-30-,72-68+. The number of aliphatic hydroxyl groups is 2. The molecule has 0 rings (SSSR count). The Morgan fingerprint density at radius 2 is 0.581 bits per heavy atom. The molecule has 0 radical (unpaired) electrons. The van der Waals surface area contributed by atoms with E-state index in [2.05, 4.69) is 55.6 Å². The predicted molar refractivity (Wildman–Crippen MR) is 379 cm³/mol. The summed E-state index contributed by atoms with van der Waals surface area (Å²) in [6.45, 7) is 4.94.